The standard InChI is InChI=1S/C61H65Cl2N6O15PS2/c1-4-60(56(75)68-31-37(29-62)54-43-15-10-8-13-41(43)48(27-46(54)68)84-85(79,80)81)35-61(28-49(60)61)57(76)69-32-38(30-63)53-42-14-9-7-12-40(42)47(26-45(53)69)83-59(78)66(3)25-24-65(2)58(77)82-33-36-17-19-39(20-18-36)87-86-34-44(55(73)74)64-50(70)16-6-5-11-23-67-51(71)21-22-52(67)72/h7-10,12-15,17-22,26-27,37-38,44,49H,4-6,11,16,23-25,28-35H2,1-3H3,(H,64,70)(H,73,74)(H2,79,80,81)/t37-,38-,44+,49?,60?,61?/m1/s1. The maximum absolute atomic E-state index is 15.1. The Morgan fingerprint density at radius 1 is 0.770 bits per heavy atom. The fraction of sp³-hybridized carbons (Fsp3) is 0.410. The van der Waals surface area contributed by atoms with E-state index in [0.29, 0.717) is 65.2 Å². The van der Waals surface area contributed by atoms with Gasteiger partial charge in [-0.15, -0.1) is 23.2 Å². The first-order chi connectivity index (χ1) is 41.6. The van der Waals surface area contributed by atoms with E-state index in [9.17, 15) is 48.2 Å². The summed E-state index contributed by atoms with van der Waals surface area (Å²) in [6, 6.07) is 23.8. The quantitative estimate of drug-likeness (QED) is 0.0139. The van der Waals surface area contributed by atoms with Gasteiger partial charge in [-0.2, -0.15) is 0 Å². The lowest BCUT2D eigenvalue weighted by Gasteiger charge is -2.47. The largest absolute Gasteiger partial charge is 0.524 e. The lowest BCUT2D eigenvalue weighted by Crippen LogP contribution is -2.56. The number of benzene rings is 5. The maximum atomic E-state index is 15.1. The van der Waals surface area contributed by atoms with Gasteiger partial charge in [-0.3, -0.25) is 38.7 Å². The molecule has 5 aromatic carbocycles. The van der Waals surface area contributed by atoms with E-state index in [1.54, 1.807) is 72.4 Å². The third-order valence-corrected chi connectivity index (χ3v) is 20.8. The predicted molar refractivity (Wildman–Crippen MR) is 330 cm³/mol. The molecule has 6 atom stereocenters. The molecule has 2 fully saturated rings. The van der Waals surface area contributed by atoms with E-state index >= 15 is 9.59 Å². The van der Waals surface area contributed by atoms with Gasteiger partial charge < -0.3 is 44.0 Å². The third kappa shape index (κ3) is 12.9. The summed E-state index contributed by atoms with van der Waals surface area (Å²) in [5, 5.41) is 14.8. The number of ether oxygens (including phenoxy) is 2. The van der Waals surface area contributed by atoms with Crippen molar-refractivity contribution >= 4 is 133 Å². The number of likely N-dealkylation sites (N-methyl/N-ethyl adjacent to an activating group) is 2. The van der Waals surface area contributed by atoms with Crippen LogP contribution in [0, 0.1) is 16.7 Å². The van der Waals surface area contributed by atoms with Gasteiger partial charge in [0.05, 0.1) is 22.2 Å². The molecule has 87 heavy (non-hydrogen) atoms. The van der Waals surface area contributed by atoms with Crippen molar-refractivity contribution in [2.45, 2.75) is 81.2 Å². The number of carbonyl (C=O) groups is 8. The Kier molecular flexibility index (Phi) is 18.9. The predicted octanol–water partition coefficient (Wildman–Crippen LogP) is 9.80. The molecule has 4 N–H and O–H groups in total. The molecular formula is C61H65Cl2N6O15PS2. The molecule has 2 aliphatic carbocycles. The minimum Gasteiger partial charge on any atom is -0.480 e. The molecule has 0 spiro atoms. The molecule has 0 aromatic heterocycles. The van der Waals surface area contributed by atoms with Crippen molar-refractivity contribution < 1.29 is 71.8 Å². The maximum Gasteiger partial charge on any atom is 0.524 e. The average Bonchev–Trinajstić information content (AvgIpc) is 1.48. The average molecular weight is 1290 g/mol. The zero-order chi connectivity index (χ0) is 62.1. The van der Waals surface area contributed by atoms with Crippen LogP contribution in [0.2, 0.25) is 0 Å². The van der Waals surface area contributed by atoms with Crippen LogP contribution in [-0.4, -0.2) is 148 Å². The van der Waals surface area contributed by atoms with Gasteiger partial charge in [0.2, 0.25) is 17.7 Å². The summed E-state index contributed by atoms with van der Waals surface area (Å²) in [6.45, 7) is 2.84. The van der Waals surface area contributed by atoms with E-state index in [0.717, 1.165) is 26.3 Å². The van der Waals surface area contributed by atoms with Gasteiger partial charge in [-0.1, -0.05) is 95.6 Å². The minimum absolute atomic E-state index is 0.0452. The number of unbranched alkanes of at least 4 members (excludes halogenated alkanes) is 2. The van der Waals surface area contributed by atoms with Crippen LogP contribution in [0.5, 0.6) is 11.5 Å². The number of nitrogens with one attached hydrogen (secondary N) is 1. The first-order valence-electron chi connectivity index (χ1n) is 28.5. The lowest BCUT2D eigenvalue weighted by molar-refractivity contribution is -0.144. The third-order valence-electron chi connectivity index (χ3n) is 17.3. The number of rotatable bonds is 25. The molecule has 0 radical (unpaired) electrons. The number of carbonyl (C=O) groups excluding carboxylic acids is 7. The molecular weight excluding hydrogens is 1220 g/mol. The van der Waals surface area contributed by atoms with E-state index < -0.39 is 48.8 Å². The van der Waals surface area contributed by atoms with Gasteiger partial charge in [0, 0.05) is 123 Å². The molecule has 3 heterocycles. The number of aliphatic carboxylic acids is 1. The Labute approximate surface area is 519 Å². The normalized spacial score (nSPS) is 21.0. The highest BCUT2D eigenvalue weighted by molar-refractivity contribution is 8.76. The van der Waals surface area contributed by atoms with Crippen LogP contribution in [0.1, 0.15) is 80.4 Å². The van der Waals surface area contributed by atoms with Crippen LogP contribution in [0.25, 0.3) is 21.5 Å². The number of halogens is 2. The molecule has 10 rings (SSSR count). The van der Waals surface area contributed by atoms with Crippen molar-refractivity contribution in [3.05, 3.63) is 114 Å². The molecule has 7 amide bonds. The summed E-state index contributed by atoms with van der Waals surface area (Å²) in [5.74, 6) is -2.78. The zero-order valence-corrected chi connectivity index (χ0v) is 51.9. The molecule has 2 saturated carbocycles. The topological polar surface area (TPSA) is 270 Å². The molecule has 5 aromatic rings. The fourth-order valence-electron chi connectivity index (χ4n) is 12.7. The van der Waals surface area contributed by atoms with Crippen LogP contribution < -0.4 is 24.4 Å². The number of carboxylic acid groups (broad SMARTS) is 1. The summed E-state index contributed by atoms with van der Waals surface area (Å²) in [7, 11) is 0.682. The van der Waals surface area contributed by atoms with Crippen molar-refractivity contribution in [1.29, 1.82) is 0 Å². The number of hydrogen-bond donors (Lipinski definition) is 4. The Bertz CT molecular complexity index is 3650. The van der Waals surface area contributed by atoms with Crippen molar-refractivity contribution in [3.63, 3.8) is 0 Å². The Hall–Kier alpha value is -6.85. The first kappa shape index (κ1) is 63.2. The number of nitrogens with zero attached hydrogens (tertiary/aromatic N) is 5. The van der Waals surface area contributed by atoms with Crippen molar-refractivity contribution in [3.8, 4) is 11.5 Å². The number of hydrogen-bond acceptors (Lipinski definition) is 14. The fourth-order valence-corrected chi connectivity index (χ4v) is 15.8. The molecule has 460 valence electrons. The second-order valence-electron chi connectivity index (χ2n) is 22.6. The van der Waals surface area contributed by atoms with E-state index in [2.05, 4.69) is 5.32 Å². The van der Waals surface area contributed by atoms with Crippen LogP contribution in [0.3, 0.4) is 0 Å². The van der Waals surface area contributed by atoms with Crippen LogP contribution in [-0.2, 0) is 44.7 Å². The van der Waals surface area contributed by atoms with E-state index in [1.165, 1.54) is 49.6 Å². The Balaban J connectivity index is 0.716. The SMILES string of the molecule is CCC1(C(=O)N2C[C@@H](CCl)c3c2cc(OP(=O)(O)O)c2ccccc32)CC2(C(=O)N3C[C@@H](CCl)c4c3cc(OC(=O)N(C)CCN(C)C(=O)OCc3ccc(SSC[C@H](NC(=O)CCCCCN5C(=O)C=CC5=O)C(=O)O)cc3)c3ccccc43)CC21. The van der Waals surface area contributed by atoms with Crippen molar-refractivity contribution in [2.75, 3.05) is 74.1 Å². The highest BCUT2D eigenvalue weighted by Crippen LogP contribution is 2.79. The van der Waals surface area contributed by atoms with Crippen molar-refractivity contribution in [2.24, 2.45) is 16.7 Å². The Morgan fingerprint density at radius 3 is 1.90 bits per heavy atom. The molecule has 21 nitrogen and oxygen atoms in total. The minimum atomic E-state index is -4.98. The number of phosphoric ester groups is 1. The van der Waals surface area contributed by atoms with Gasteiger partial charge in [0.15, 0.2) is 0 Å². The molecule has 26 heteroatoms. The van der Waals surface area contributed by atoms with Crippen LogP contribution in [0.15, 0.2) is 102 Å². The second kappa shape index (κ2) is 26.1. The smallest absolute Gasteiger partial charge is 0.480 e. The van der Waals surface area contributed by atoms with E-state index in [1.807, 2.05) is 37.3 Å². The highest BCUT2D eigenvalue weighted by atomic mass is 35.5. The van der Waals surface area contributed by atoms with Crippen molar-refractivity contribution in [1.82, 2.24) is 20.0 Å². The van der Waals surface area contributed by atoms with Crippen LogP contribution >= 0.6 is 52.6 Å². The van der Waals surface area contributed by atoms with Gasteiger partial charge in [-0.25, -0.2) is 18.9 Å². The monoisotopic (exact) mass is 1290 g/mol. The van der Waals surface area contributed by atoms with Gasteiger partial charge in [-0.05, 0) is 77.6 Å². The van der Waals surface area contributed by atoms with E-state index in [-0.39, 0.29) is 123 Å². The summed E-state index contributed by atoms with van der Waals surface area (Å²) in [5.41, 5.74) is 1.64. The molecule has 3 unspecified atom stereocenters. The Morgan fingerprint density at radius 2 is 1.33 bits per heavy atom. The van der Waals surface area contributed by atoms with E-state index in [4.69, 9.17) is 37.2 Å². The zero-order valence-electron chi connectivity index (χ0n) is 47.9. The number of anilines is 2. The molecule has 0 saturated heterocycles. The molecule has 5 aliphatic rings. The lowest BCUT2D eigenvalue weighted by atomic mass is 9.59. The molecule has 3 aliphatic heterocycles. The summed E-state index contributed by atoms with van der Waals surface area (Å²) in [6.07, 6.45) is 4.00. The van der Waals surface area contributed by atoms with Gasteiger partial charge >= 0.3 is 26.0 Å². The second-order valence-corrected chi connectivity index (χ2v) is 26.8. The van der Waals surface area contributed by atoms with Crippen LogP contribution in [0.4, 0.5) is 21.0 Å². The number of fused-ring (bicyclic) bond motifs is 7. The number of phosphoric acid groups is 1. The highest BCUT2D eigenvalue weighted by Gasteiger charge is 2.81. The number of carboxylic acids is 1. The first-order valence-corrected chi connectivity index (χ1v) is 33.4. The summed E-state index contributed by atoms with van der Waals surface area (Å²) in [4.78, 5) is 133. The number of imide groups is 1. The number of alkyl halides is 2. The summed E-state index contributed by atoms with van der Waals surface area (Å²) < 4.78 is 29.0. The summed E-state index contributed by atoms with van der Waals surface area (Å²) >= 11 is 13.2. The van der Waals surface area contributed by atoms with Gasteiger partial charge in [0.25, 0.3) is 11.8 Å². The van der Waals surface area contributed by atoms with Gasteiger partial charge in [0.1, 0.15) is 24.1 Å². The molecule has 0 bridgehead atoms. The number of amides is 7.